The van der Waals surface area contributed by atoms with Gasteiger partial charge in [0.1, 0.15) is 0 Å². The minimum atomic E-state index is -0.705. The summed E-state index contributed by atoms with van der Waals surface area (Å²) in [6.07, 6.45) is 13.3. The molecule has 4 nitrogen and oxygen atoms in total. The predicted molar refractivity (Wildman–Crippen MR) is 92.6 cm³/mol. The number of ether oxygens (including phenoxy) is 1. The summed E-state index contributed by atoms with van der Waals surface area (Å²) in [4.78, 5) is 10.5. The second kappa shape index (κ2) is 12.8. The molecule has 0 aromatic heterocycles. The Morgan fingerprint density at radius 3 is 2.43 bits per heavy atom. The van der Waals surface area contributed by atoms with E-state index in [1.807, 2.05) is 0 Å². The first-order valence-electron chi connectivity index (χ1n) is 9.66. The summed E-state index contributed by atoms with van der Waals surface area (Å²) < 4.78 is 6.04. The van der Waals surface area contributed by atoms with Crippen LogP contribution in [0.25, 0.3) is 0 Å². The van der Waals surface area contributed by atoms with E-state index in [4.69, 9.17) is 9.84 Å². The number of aliphatic hydroxyl groups is 1. The topological polar surface area (TPSA) is 66.8 Å². The lowest BCUT2D eigenvalue weighted by molar-refractivity contribution is -0.137. The highest BCUT2D eigenvalue weighted by atomic mass is 16.5. The lowest BCUT2D eigenvalue weighted by Gasteiger charge is -2.22. The van der Waals surface area contributed by atoms with Crippen molar-refractivity contribution in [2.45, 2.75) is 103 Å². The third-order valence-electron chi connectivity index (χ3n) is 4.98. The third-order valence-corrected chi connectivity index (χ3v) is 4.98. The Balaban J connectivity index is 2.09. The summed E-state index contributed by atoms with van der Waals surface area (Å²) in [6.45, 7) is 3.05. The number of aliphatic hydroxyl groups excluding tert-OH is 1. The van der Waals surface area contributed by atoms with Gasteiger partial charge in [-0.15, -0.1) is 0 Å². The summed E-state index contributed by atoms with van der Waals surface area (Å²) in [5.41, 5.74) is 0. The van der Waals surface area contributed by atoms with Crippen molar-refractivity contribution in [1.29, 1.82) is 0 Å². The van der Waals surface area contributed by atoms with Crippen molar-refractivity contribution in [3.63, 3.8) is 0 Å². The van der Waals surface area contributed by atoms with Crippen LogP contribution in [-0.2, 0) is 9.53 Å². The van der Waals surface area contributed by atoms with Crippen molar-refractivity contribution in [3.05, 3.63) is 0 Å². The fourth-order valence-corrected chi connectivity index (χ4v) is 3.55. The van der Waals surface area contributed by atoms with Gasteiger partial charge in [0.2, 0.25) is 0 Å². The second-order valence-corrected chi connectivity index (χ2v) is 6.98. The molecule has 23 heavy (non-hydrogen) atoms. The van der Waals surface area contributed by atoms with Crippen LogP contribution >= 0.6 is 0 Å². The standard InChI is InChI=1S/C19H36O4/c1-2-3-4-7-10-15-23-18-14-13-17(20)16(18)11-8-5-6-9-12-19(21)22/h16-18,20H,2-15H2,1H3,(H,21,22)/t16-,17-,18-/m0/s1. The maximum Gasteiger partial charge on any atom is 0.303 e. The number of hydrogen-bond donors (Lipinski definition) is 2. The summed E-state index contributed by atoms with van der Waals surface area (Å²) in [6, 6.07) is 0. The molecule has 0 amide bonds. The zero-order chi connectivity index (χ0) is 16.9. The van der Waals surface area contributed by atoms with Gasteiger partial charge >= 0.3 is 5.97 Å². The van der Waals surface area contributed by atoms with Gasteiger partial charge in [-0.2, -0.15) is 0 Å². The van der Waals surface area contributed by atoms with Gasteiger partial charge in [-0.3, -0.25) is 4.79 Å². The Bertz CT molecular complexity index is 306. The van der Waals surface area contributed by atoms with E-state index < -0.39 is 5.97 Å². The normalized spacial score (nSPS) is 24.2. The van der Waals surface area contributed by atoms with Crippen molar-refractivity contribution < 1.29 is 19.7 Å². The number of aliphatic carboxylic acids is 1. The van der Waals surface area contributed by atoms with Gasteiger partial charge in [0.05, 0.1) is 12.2 Å². The minimum Gasteiger partial charge on any atom is -0.481 e. The van der Waals surface area contributed by atoms with Crippen molar-refractivity contribution in [2.75, 3.05) is 6.61 Å². The summed E-state index contributed by atoms with van der Waals surface area (Å²) in [5.74, 6) is -0.422. The highest BCUT2D eigenvalue weighted by molar-refractivity contribution is 5.66. The molecule has 1 saturated carbocycles. The largest absolute Gasteiger partial charge is 0.481 e. The molecule has 0 unspecified atom stereocenters. The number of carboxylic acids is 1. The zero-order valence-electron chi connectivity index (χ0n) is 14.8. The van der Waals surface area contributed by atoms with Gasteiger partial charge in [-0.05, 0) is 32.1 Å². The average Bonchev–Trinajstić information content (AvgIpc) is 2.86. The maximum atomic E-state index is 10.5. The Morgan fingerprint density at radius 2 is 1.70 bits per heavy atom. The van der Waals surface area contributed by atoms with E-state index in [0.29, 0.717) is 0 Å². The van der Waals surface area contributed by atoms with Gasteiger partial charge in [0, 0.05) is 18.9 Å². The molecular weight excluding hydrogens is 292 g/mol. The molecule has 0 radical (unpaired) electrons. The quantitative estimate of drug-likeness (QED) is 0.459. The molecule has 0 aromatic rings. The van der Waals surface area contributed by atoms with Crippen LogP contribution in [0.1, 0.15) is 90.4 Å². The summed E-state index contributed by atoms with van der Waals surface area (Å²) in [7, 11) is 0. The Kier molecular flexibility index (Phi) is 11.3. The smallest absolute Gasteiger partial charge is 0.303 e. The molecule has 1 rings (SSSR count). The highest BCUT2D eigenvalue weighted by Gasteiger charge is 2.34. The number of carbonyl (C=O) groups is 1. The van der Waals surface area contributed by atoms with Crippen LogP contribution in [0, 0.1) is 5.92 Å². The molecule has 1 aliphatic rings. The van der Waals surface area contributed by atoms with Crippen LogP contribution in [0.5, 0.6) is 0 Å². The van der Waals surface area contributed by atoms with Crippen LogP contribution in [0.15, 0.2) is 0 Å². The van der Waals surface area contributed by atoms with E-state index in [1.54, 1.807) is 0 Å². The van der Waals surface area contributed by atoms with E-state index in [-0.39, 0.29) is 24.5 Å². The molecule has 0 aliphatic heterocycles. The summed E-state index contributed by atoms with van der Waals surface area (Å²) in [5, 5.41) is 18.8. The van der Waals surface area contributed by atoms with E-state index in [0.717, 1.165) is 58.0 Å². The first-order chi connectivity index (χ1) is 11.1. The molecule has 3 atom stereocenters. The molecule has 0 spiro atoms. The number of unbranched alkanes of at least 4 members (excludes halogenated alkanes) is 7. The van der Waals surface area contributed by atoms with Crippen molar-refractivity contribution in [1.82, 2.24) is 0 Å². The molecule has 2 N–H and O–H groups in total. The Hall–Kier alpha value is -0.610. The number of hydrogen-bond acceptors (Lipinski definition) is 3. The molecular formula is C19H36O4. The van der Waals surface area contributed by atoms with E-state index in [2.05, 4.69) is 6.92 Å². The lowest BCUT2D eigenvalue weighted by atomic mass is 9.95. The maximum absolute atomic E-state index is 10.5. The summed E-state index contributed by atoms with van der Waals surface area (Å²) >= 11 is 0. The van der Waals surface area contributed by atoms with Crippen molar-refractivity contribution in [2.24, 2.45) is 5.92 Å². The van der Waals surface area contributed by atoms with Gasteiger partial charge in [-0.25, -0.2) is 0 Å². The minimum absolute atomic E-state index is 0.209. The number of carboxylic acid groups (broad SMARTS) is 1. The average molecular weight is 328 g/mol. The Morgan fingerprint density at radius 1 is 1.00 bits per heavy atom. The van der Waals surface area contributed by atoms with Crippen molar-refractivity contribution in [3.8, 4) is 0 Å². The van der Waals surface area contributed by atoms with E-state index in [1.165, 1.54) is 25.7 Å². The number of rotatable bonds is 14. The zero-order valence-corrected chi connectivity index (χ0v) is 14.8. The van der Waals surface area contributed by atoms with Gasteiger partial charge in [0.15, 0.2) is 0 Å². The van der Waals surface area contributed by atoms with E-state index >= 15 is 0 Å². The molecule has 4 heteroatoms. The lowest BCUT2D eigenvalue weighted by Crippen LogP contribution is -2.25. The van der Waals surface area contributed by atoms with Gasteiger partial charge < -0.3 is 14.9 Å². The molecule has 0 heterocycles. The first-order valence-corrected chi connectivity index (χ1v) is 9.66. The molecule has 0 aromatic carbocycles. The van der Waals surface area contributed by atoms with Gasteiger partial charge in [0.25, 0.3) is 0 Å². The van der Waals surface area contributed by atoms with Crippen LogP contribution in [0.4, 0.5) is 0 Å². The van der Waals surface area contributed by atoms with E-state index in [9.17, 15) is 9.90 Å². The highest BCUT2D eigenvalue weighted by Crippen LogP contribution is 2.33. The first kappa shape index (κ1) is 20.4. The van der Waals surface area contributed by atoms with Crippen molar-refractivity contribution >= 4 is 5.97 Å². The second-order valence-electron chi connectivity index (χ2n) is 6.98. The van der Waals surface area contributed by atoms with Crippen LogP contribution in [-0.4, -0.2) is 35.0 Å². The predicted octanol–water partition coefficient (Wildman–Crippen LogP) is 4.54. The Labute approximate surface area is 141 Å². The van der Waals surface area contributed by atoms with Gasteiger partial charge in [-0.1, -0.05) is 51.9 Å². The molecule has 1 fully saturated rings. The fraction of sp³-hybridized carbons (Fsp3) is 0.947. The molecule has 1 aliphatic carbocycles. The monoisotopic (exact) mass is 328 g/mol. The molecule has 136 valence electrons. The van der Waals surface area contributed by atoms with Crippen LogP contribution in [0.3, 0.4) is 0 Å². The fourth-order valence-electron chi connectivity index (χ4n) is 3.55. The van der Waals surface area contributed by atoms with Crippen LogP contribution in [0.2, 0.25) is 0 Å². The molecule has 0 saturated heterocycles. The van der Waals surface area contributed by atoms with Crippen LogP contribution < -0.4 is 0 Å². The SMILES string of the molecule is CCCCCCCO[C@H]1CC[C@H](O)[C@@H]1CCCCCCC(=O)O. The third kappa shape index (κ3) is 9.31. The molecule has 0 bridgehead atoms.